The highest BCUT2D eigenvalue weighted by Gasteiger charge is 2.17. The molecule has 0 atom stereocenters. The highest BCUT2D eigenvalue weighted by molar-refractivity contribution is 5.68. The van der Waals surface area contributed by atoms with Crippen LogP contribution < -0.4 is 0 Å². The van der Waals surface area contributed by atoms with Crippen LogP contribution in [0.15, 0.2) is 60.9 Å². The maximum absolute atomic E-state index is 9.96. The third-order valence-corrected chi connectivity index (χ3v) is 7.49. The van der Waals surface area contributed by atoms with Gasteiger partial charge < -0.3 is 5.11 Å². The molecule has 1 aliphatic carbocycles. The summed E-state index contributed by atoms with van der Waals surface area (Å²) in [5, 5.41) is 8.21. The van der Waals surface area contributed by atoms with E-state index in [4.69, 9.17) is 5.11 Å². The first-order valence-electron chi connectivity index (χ1n) is 14.8. The summed E-state index contributed by atoms with van der Waals surface area (Å²) in [7, 11) is 0. The number of rotatable bonds is 13. The molecule has 0 radical (unpaired) electrons. The predicted octanol–water partition coefficient (Wildman–Crippen LogP) is 9.63. The van der Waals surface area contributed by atoms with Crippen molar-refractivity contribution in [2.75, 3.05) is 0 Å². The number of benzene rings is 2. The van der Waals surface area contributed by atoms with Crippen LogP contribution in [0.1, 0.15) is 114 Å². The Bertz CT molecular complexity index is 1050. The number of carbonyl (C=O) groups is 1. The van der Waals surface area contributed by atoms with Gasteiger partial charge in [-0.25, -0.2) is 9.97 Å². The van der Waals surface area contributed by atoms with Gasteiger partial charge in [0.15, 0.2) is 5.82 Å². The van der Waals surface area contributed by atoms with Gasteiger partial charge in [-0.15, -0.1) is 0 Å². The Morgan fingerprint density at radius 3 is 1.82 bits per heavy atom. The average molecular weight is 515 g/mol. The number of unbranched alkanes of at least 4 members (excludes halogenated alkanes) is 6. The molecule has 4 heteroatoms. The topological polar surface area (TPSA) is 63.1 Å². The molecule has 1 heterocycles. The fourth-order valence-corrected chi connectivity index (χ4v) is 5.09. The van der Waals surface area contributed by atoms with Crippen LogP contribution in [-0.2, 0) is 11.2 Å². The molecule has 1 fully saturated rings. The van der Waals surface area contributed by atoms with Crippen LogP contribution in [0.4, 0.5) is 0 Å². The van der Waals surface area contributed by atoms with E-state index in [1.807, 2.05) is 12.4 Å². The first kappa shape index (κ1) is 29.5. The molecule has 0 amide bonds. The highest BCUT2D eigenvalue weighted by Crippen LogP contribution is 2.33. The number of aliphatic carboxylic acids is 1. The van der Waals surface area contributed by atoms with Crippen molar-refractivity contribution in [2.45, 2.75) is 110 Å². The smallest absolute Gasteiger partial charge is 0.303 e. The number of carboxylic acid groups (broad SMARTS) is 1. The fourth-order valence-electron chi connectivity index (χ4n) is 5.09. The van der Waals surface area contributed by atoms with E-state index in [0.717, 1.165) is 30.7 Å². The normalized spacial score (nSPS) is 13.2. The molecule has 0 spiro atoms. The van der Waals surface area contributed by atoms with Gasteiger partial charge in [0.05, 0.1) is 0 Å². The zero-order chi connectivity index (χ0) is 27.0. The SMILES string of the molecule is CCCCCCC(=O)O.CCCCCCc1ccc(-c2ccc(-c3ncc(C4CCCC4)cn3)cc2)cc1. The van der Waals surface area contributed by atoms with Crippen LogP contribution in [0.3, 0.4) is 0 Å². The number of aryl methyl sites for hydroxylation is 1. The highest BCUT2D eigenvalue weighted by atomic mass is 16.4. The van der Waals surface area contributed by atoms with Crippen LogP contribution in [0, 0.1) is 0 Å². The lowest BCUT2D eigenvalue weighted by Crippen LogP contribution is -1.96. The molecule has 4 nitrogen and oxygen atoms in total. The molecule has 2 aromatic carbocycles. The lowest BCUT2D eigenvalue weighted by Gasteiger charge is -2.09. The molecule has 1 N–H and O–H groups in total. The Balaban J connectivity index is 0.000000383. The van der Waals surface area contributed by atoms with Crippen LogP contribution in [0.25, 0.3) is 22.5 Å². The van der Waals surface area contributed by atoms with Crippen molar-refractivity contribution in [2.24, 2.45) is 0 Å². The van der Waals surface area contributed by atoms with Crippen molar-refractivity contribution in [1.82, 2.24) is 9.97 Å². The largest absolute Gasteiger partial charge is 0.481 e. The van der Waals surface area contributed by atoms with Gasteiger partial charge in [-0.2, -0.15) is 0 Å². The van der Waals surface area contributed by atoms with Gasteiger partial charge in [0.2, 0.25) is 0 Å². The lowest BCUT2D eigenvalue weighted by molar-refractivity contribution is -0.137. The molecule has 0 unspecified atom stereocenters. The number of nitrogens with zero attached hydrogens (tertiary/aromatic N) is 2. The van der Waals surface area contributed by atoms with E-state index < -0.39 is 5.97 Å². The minimum Gasteiger partial charge on any atom is -0.481 e. The first-order chi connectivity index (χ1) is 18.6. The second-order valence-corrected chi connectivity index (χ2v) is 10.6. The van der Waals surface area contributed by atoms with Gasteiger partial charge in [-0.1, -0.05) is 114 Å². The van der Waals surface area contributed by atoms with Crippen molar-refractivity contribution in [3.8, 4) is 22.5 Å². The second kappa shape index (κ2) is 16.8. The van der Waals surface area contributed by atoms with E-state index in [0.29, 0.717) is 12.3 Å². The number of aromatic nitrogens is 2. The molecule has 0 saturated heterocycles. The summed E-state index contributed by atoms with van der Waals surface area (Å²) < 4.78 is 0. The van der Waals surface area contributed by atoms with Gasteiger partial charge >= 0.3 is 5.97 Å². The van der Waals surface area contributed by atoms with Crippen LogP contribution in [-0.4, -0.2) is 21.0 Å². The molecule has 1 aromatic heterocycles. The molecule has 0 aliphatic heterocycles. The minimum absolute atomic E-state index is 0.333. The van der Waals surface area contributed by atoms with Crippen LogP contribution >= 0.6 is 0 Å². The van der Waals surface area contributed by atoms with E-state index in [1.165, 1.54) is 86.5 Å². The Kier molecular flexibility index (Phi) is 13.0. The lowest BCUT2D eigenvalue weighted by atomic mass is 10.00. The zero-order valence-corrected chi connectivity index (χ0v) is 23.5. The van der Waals surface area contributed by atoms with E-state index >= 15 is 0 Å². The van der Waals surface area contributed by atoms with Crippen molar-refractivity contribution in [3.63, 3.8) is 0 Å². The molecule has 4 rings (SSSR count). The summed E-state index contributed by atoms with van der Waals surface area (Å²) in [4.78, 5) is 19.2. The van der Waals surface area contributed by atoms with Crippen molar-refractivity contribution in [3.05, 3.63) is 72.1 Å². The molecule has 1 saturated carbocycles. The Morgan fingerprint density at radius 1 is 0.737 bits per heavy atom. The van der Waals surface area contributed by atoms with E-state index in [1.54, 1.807) is 0 Å². The van der Waals surface area contributed by atoms with Crippen molar-refractivity contribution >= 4 is 5.97 Å². The van der Waals surface area contributed by atoms with E-state index in [-0.39, 0.29) is 0 Å². The molecule has 204 valence electrons. The summed E-state index contributed by atoms with van der Waals surface area (Å²) in [5.74, 6) is 0.813. The summed E-state index contributed by atoms with van der Waals surface area (Å²) in [5.41, 5.74) is 6.34. The van der Waals surface area contributed by atoms with Gasteiger partial charge in [0.25, 0.3) is 0 Å². The molecule has 38 heavy (non-hydrogen) atoms. The van der Waals surface area contributed by atoms with Gasteiger partial charge in [-0.05, 0) is 60.3 Å². The molecule has 1 aliphatic rings. The average Bonchev–Trinajstić information content (AvgIpc) is 3.50. The van der Waals surface area contributed by atoms with Gasteiger partial charge in [0.1, 0.15) is 0 Å². The number of hydrogen-bond donors (Lipinski definition) is 1. The second-order valence-electron chi connectivity index (χ2n) is 10.6. The van der Waals surface area contributed by atoms with E-state index in [2.05, 4.69) is 72.3 Å². The molecular weight excluding hydrogens is 468 g/mol. The molecule has 0 bridgehead atoms. The maximum Gasteiger partial charge on any atom is 0.303 e. The third kappa shape index (κ3) is 10.0. The predicted molar refractivity (Wildman–Crippen MR) is 158 cm³/mol. The molecule has 3 aromatic rings. The number of carboxylic acids is 1. The van der Waals surface area contributed by atoms with Crippen molar-refractivity contribution < 1.29 is 9.90 Å². The number of hydrogen-bond acceptors (Lipinski definition) is 3. The standard InChI is InChI=1S/C27H32N2.C7H14O2/c1-2-3-4-5-8-21-11-13-23(14-12-21)24-15-17-25(18-16-24)27-28-19-26(20-29-27)22-9-6-7-10-22;1-2-3-4-5-6-7(8)9/h11-20,22H,2-10H2,1H3;2-6H2,1H3,(H,8,9). The van der Waals surface area contributed by atoms with Crippen molar-refractivity contribution in [1.29, 1.82) is 0 Å². The minimum atomic E-state index is -0.675. The van der Waals surface area contributed by atoms with Gasteiger partial charge in [-0.3, -0.25) is 4.79 Å². The Labute approximate surface area is 230 Å². The fraction of sp³-hybridized carbons (Fsp3) is 0.500. The summed E-state index contributed by atoms with van der Waals surface area (Å²) in [6.07, 6.45) is 20.3. The quantitative estimate of drug-likeness (QED) is 0.231. The summed E-state index contributed by atoms with van der Waals surface area (Å²) in [6.45, 7) is 4.37. The monoisotopic (exact) mass is 514 g/mol. The third-order valence-electron chi connectivity index (χ3n) is 7.49. The molecular formula is C34H46N2O2. The zero-order valence-electron chi connectivity index (χ0n) is 23.5. The summed E-state index contributed by atoms with van der Waals surface area (Å²) >= 11 is 0. The van der Waals surface area contributed by atoms with E-state index in [9.17, 15) is 4.79 Å². The van der Waals surface area contributed by atoms with Crippen LogP contribution in [0.2, 0.25) is 0 Å². The Morgan fingerprint density at radius 2 is 1.26 bits per heavy atom. The Hall–Kier alpha value is -3.01. The van der Waals surface area contributed by atoms with Gasteiger partial charge in [0, 0.05) is 24.4 Å². The maximum atomic E-state index is 9.96. The first-order valence-corrected chi connectivity index (χ1v) is 14.8. The summed E-state index contributed by atoms with van der Waals surface area (Å²) in [6, 6.07) is 17.7. The van der Waals surface area contributed by atoms with Crippen LogP contribution in [0.5, 0.6) is 0 Å².